The predicted octanol–water partition coefficient (Wildman–Crippen LogP) is 1.96. The third-order valence-electron chi connectivity index (χ3n) is 5.25. The van der Waals surface area contributed by atoms with Crippen LogP contribution < -0.4 is 0 Å². The van der Waals surface area contributed by atoms with Gasteiger partial charge in [-0.25, -0.2) is 9.78 Å². The standard InChI is InChI=1S/C17H26N4O2/c1-19-12-18-15-9-21(17(22)20-6-2-3-7-20)8-14(16(15)19)11-23-10-13-4-5-13/h12-14H,2-11H2,1H3/t14-/m1/s1. The summed E-state index contributed by atoms with van der Waals surface area (Å²) in [5.41, 5.74) is 2.28. The summed E-state index contributed by atoms with van der Waals surface area (Å²) in [7, 11) is 2.04. The molecule has 2 fully saturated rings. The summed E-state index contributed by atoms with van der Waals surface area (Å²) >= 11 is 0. The van der Waals surface area contributed by atoms with Crippen LogP contribution in [0.25, 0.3) is 0 Å². The number of urea groups is 1. The molecule has 2 aliphatic heterocycles. The van der Waals surface area contributed by atoms with E-state index in [-0.39, 0.29) is 11.9 Å². The molecule has 1 aliphatic carbocycles. The Kier molecular flexibility index (Phi) is 4.01. The van der Waals surface area contributed by atoms with Crippen molar-refractivity contribution in [2.75, 3.05) is 32.8 Å². The third-order valence-corrected chi connectivity index (χ3v) is 5.25. The summed E-state index contributed by atoms with van der Waals surface area (Å²) < 4.78 is 8.03. The van der Waals surface area contributed by atoms with Crippen LogP contribution in [0.3, 0.4) is 0 Å². The number of hydrogen-bond donors (Lipinski definition) is 0. The van der Waals surface area contributed by atoms with Gasteiger partial charge in [-0.15, -0.1) is 0 Å². The zero-order valence-corrected chi connectivity index (χ0v) is 13.9. The molecule has 126 valence electrons. The fraction of sp³-hybridized carbons (Fsp3) is 0.765. The van der Waals surface area contributed by atoms with Crippen molar-refractivity contribution in [3.05, 3.63) is 17.7 Å². The normalized spacial score (nSPS) is 24.1. The molecule has 1 atom stereocenters. The van der Waals surface area contributed by atoms with Crippen LogP contribution in [-0.4, -0.2) is 58.2 Å². The lowest BCUT2D eigenvalue weighted by atomic mass is 9.99. The van der Waals surface area contributed by atoms with Crippen molar-refractivity contribution in [3.63, 3.8) is 0 Å². The Balaban J connectivity index is 1.47. The van der Waals surface area contributed by atoms with Gasteiger partial charge in [0, 0.05) is 44.9 Å². The molecular formula is C17H26N4O2. The summed E-state index contributed by atoms with van der Waals surface area (Å²) in [6.07, 6.45) is 6.73. The summed E-state index contributed by atoms with van der Waals surface area (Å²) in [5.74, 6) is 1.00. The van der Waals surface area contributed by atoms with Crippen molar-refractivity contribution in [1.29, 1.82) is 0 Å². The topological polar surface area (TPSA) is 50.6 Å². The largest absolute Gasteiger partial charge is 0.380 e. The number of hydrogen-bond acceptors (Lipinski definition) is 3. The van der Waals surface area contributed by atoms with Gasteiger partial charge in [0.15, 0.2) is 0 Å². The number of carbonyl (C=O) groups is 1. The van der Waals surface area contributed by atoms with E-state index in [2.05, 4.69) is 9.55 Å². The van der Waals surface area contributed by atoms with E-state index in [4.69, 9.17) is 4.74 Å². The molecule has 1 saturated carbocycles. The molecule has 0 aromatic carbocycles. The van der Waals surface area contributed by atoms with Gasteiger partial charge in [-0.1, -0.05) is 0 Å². The molecule has 0 N–H and O–H groups in total. The quantitative estimate of drug-likeness (QED) is 0.853. The van der Waals surface area contributed by atoms with Crippen molar-refractivity contribution in [1.82, 2.24) is 19.4 Å². The van der Waals surface area contributed by atoms with E-state index in [1.54, 1.807) is 0 Å². The molecule has 0 radical (unpaired) electrons. The van der Waals surface area contributed by atoms with Gasteiger partial charge < -0.3 is 19.1 Å². The van der Waals surface area contributed by atoms with Crippen LogP contribution in [0.15, 0.2) is 6.33 Å². The molecule has 0 bridgehead atoms. The van der Waals surface area contributed by atoms with Gasteiger partial charge in [0.2, 0.25) is 0 Å². The summed E-state index contributed by atoms with van der Waals surface area (Å²) in [6.45, 7) is 4.72. The number of amides is 2. The van der Waals surface area contributed by atoms with Crippen molar-refractivity contribution in [3.8, 4) is 0 Å². The second kappa shape index (κ2) is 6.15. The zero-order valence-electron chi connectivity index (χ0n) is 13.9. The van der Waals surface area contributed by atoms with Gasteiger partial charge in [0.25, 0.3) is 0 Å². The average Bonchev–Trinajstić information content (AvgIpc) is 3.07. The molecule has 6 nitrogen and oxygen atoms in total. The average molecular weight is 318 g/mol. The summed E-state index contributed by atoms with van der Waals surface area (Å²) in [5, 5.41) is 0. The fourth-order valence-corrected chi connectivity index (χ4v) is 3.78. The van der Waals surface area contributed by atoms with E-state index < -0.39 is 0 Å². The van der Waals surface area contributed by atoms with Crippen LogP contribution in [0.4, 0.5) is 4.79 Å². The maximum absolute atomic E-state index is 12.7. The Morgan fingerprint density at radius 1 is 1.26 bits per heavy atom. The zero-order chi connectivity index (χ0) is 15.8. The minimum atomic E-state index is 0.172. The number of carbonyl (C=O) groups excluding carboxylic acids is 1. The number of likely N-dealkylation sites (tertiary alicyclic amines) is 1. The molecule has 0 spiro atoms. The van der Waals surface area contributed by atoms with Crippen molar-refractivity contribution in [2.45, 2.75) is 38.1 Å². The summed E-state index contributed by atoms with van der Waals surface area (Å²) in [6, 6.07) is 0.172. The molecule has 0 unspecified atom stereocenters. The van der Waals surface area contributed by atoms with Crippen molar-refractivity contribution in [2.24, 2.45) is 13.0 Å². The lowest BCUT2D eigenvalue weighted by Gasteiger charge is -2.35. The summed E-state index contributed by atoms with van der Waals surface area (Å²) in [4.78, 5) is 21.2. The second-order valence-corrected chi connectivity index (χ2v) is 7.22. The fourth-order valence-electron chi connectivity index (χ4n) is 3.78. The Morgan fingerprint density at radius 3 is 2.78 bits per heavy atom. The first-order chi connectivity index (χ1) is 11.2. The van der Waals surface area contributed by atoms with E-state index in [0.29, 0.717) is 13.2 Å². The Hall–Kier alpha value is -1.56. The van der Waals surface area contributed by atoms with Gasteiger partial charge in [-0.05, 0) is 31.6 Å². The highest BCUT2D eigenvalue weighted by Crippen LogP contribution is 2.31. The Labute approximate surface area is 137 Å². The monoisotopic (exact) mass is 318 g/mol. The van der Waals surface area contributed by atoms with Crippen LogP contribution in [-0.2, 0) is 18.3 Å². The highest BCUT2D eigenvalue weighted by Gasteiger charge is 2.34. The van der Waals surface area contributed by atoms with E-state index in [1.165, 1.54) is 18.5 Å². The Morgan fingerprint density at radius 2 is 2.04 bits per heavy atom. The van der Waals surface area contributed by atoms with E-state index in [1.807, 2.05) is 23.2 Å². The molecule has 3 heterocycles. The van der Waals surface area contributed by atoms with E-state index >= 15 is 0 Å². The van der Waals surface area contributed by atoms with E-state index in [0.717, 1.165) is 50.7 Å². The number of imidazole rings is 1. The molecule has 3 aliphatic rings. The highest BCUT2D eigenvalue weighted by molar-refractivity contribution is 5.75. The highest BCUT2D eigenvalue weighted by atomic mass is 16.5. The molecule has 4 rings (SSSR count). The molecular weight excluding hydrogens is 292 g/mol. The lowest BCUT2D eigenvalue weighted by molar-refractivity contribution is 0.0884. The van der Waals surface area contributed by atoms with Crippen LogP contribution in [0.5, 0.6) is 0 Å². The number of rotatable bonds is 4. The lowest BCUT2D eigenvalue weighted by Crippen LogP contribution is -2.46. The molecule has 23 heavy (non-hydrogen) atoms. The van der Waals surface area contributed by atoms with Gasteiger partial charge in [-0.3, -0.25) is 0 Å². The minimum Gasteiger partial charge on any atom is -0.380 e. The van der Waals surface area contributed by atoms with E-state index in [9.17, 15) is 4.79 Å². The predicted molar refractivity (Wildman–Crippen MR) is 86.1 cm³/mol. The van der Waals surface area contributed by atoms with Crippen LogP contribution in [0.2, 0.25) is 0 Å². The molecule has 6 heteroatoms. The maximum Gasteiger partial charge on any atom is 0.320 e. The van der Waals surface area contributed by atoms with Crippen molar-refractivity contribution >= 4 is 6.03 Å². The molecule has 1 saturated heterocycles. The Bertz CT molecular complexity index is 575. The number of ether oxygens (including phenoxy) is 1. The first-order valence-corrected chi connectivity index (χ1v) is 8.84. The third kappa shape index (κ3) is 3.09. The molecule has 2 amide bonds. The minimum absolute atomic E-state index is 0.172. The van der Waals surface area contributed by atoms with Gasteiger partial charge >= 0.3 is 6.03 Å². The van der Waals surface area contributed by atoms with Crippen LogP contribution in [0, 0.1) is 5.92 Å². The number of aromatic nitrogens is 2. The first-order valence-electron chi connectivity index (χ1n) is 8.84. The number of nitrogens with zero attached hydrogens (tertiary/aromatic N) is 4. The first kappa shape index (κ1) is 15.0. The molecule has 1 aromatic rings. The second-order valence-electron chi connectivity index (χ2n) is 7.22. The van der Waals surface area contributed by atoms with Gasteiger partial charge in [0.05, 0.1) is 25.2 Å². The number of fused-ring (bicyclic) bond motifs is 1. The SMILES string of the molecule is Cn1cnc2c1[C@@H](COCC1CC1)CN(C(=O)N1CCCC1)C2. The van der Waals surface area contributed by atoms with Gasteiger partial charge in [-0.2, -0.15) is 0 Å². The van der Waals surface area contributed by atoms with Crippen LogP contribution in [0.1, 0.15) is 43.0 Å². The smallest absolute Gasteiger partial charge is 0.320 e. The van der Waals surface area contributed by atoms with Gasteiger partial charge in [0.1, 0.15) is 0 Å². The number of aryl methyl sites for hydroxylation is 1. The molecule has 1 aromatic heterocycles. The van der Waals surface area contributed by atoms with Crippen molar-refractivity contribution < 1.29 is 9.53 Å². The maximum atomic E-state index is 12.7. The van der Waals surface area contributed by atoms with Crippen LogP contribution >= 0.6 is 0 Å².